The molecule has 6 heteroatoms. The summed E-state index contributed by atoms with van der Waals surface area (Å²) < 4.78 is 0. The molecule has 31 heavy (non-hydrogen) atoms. The van der Waals surface area contributed by atoms with E-state index in [2.05, 4.69) is 77.0 Å². The normalized spacial score (nSPS) is 15.6. The van der Waals surface area contributed by atoms with E-state index >= 15 is 0 Å². The number of hydrogen-bond acceptors (Lipinski definition) is 5. The van der Waals surface area contributed by atoms with E-state index in [4.69, 9.17) is 0 Å². The Morgan fingerprint density at radius 3 is 2.74 bits per heavy atom. The smallest absolute Gasteiger partial charge is 0.337 e. The number of aromatic carboxylic acids is 1. The van der Waals surface area contributed by atoms with Crippen molar-refractivity contribution >= 4 is 23.0 Å². The van der Waals surface area contributed by atoms with Gasteiger partial charge >= 0.3 is 5.97 Å². The van der Waals surface area contributed by atoms with E-state index in [1.54, 1.807) is 6.20 Å². The van der Waals surface area contributed by atoms with Gasteiger partial charge in [0.25, 0.3) is 0 Å². The number of aryl methyl sites for hydroxylation is 2. The predicted molar refractivity (Wildman–Crippen MR) is 124 cm³/mol. The summed E-state index contributed by atoms with van der Waals surface area (Å²) >= 11 is 0. The van der Waals surface area contributed by atoms with Gasteiger partial charge in [0.15, 0.2) is 0 Å². The molecule has 0 bridgehead atoms. The monoisotopic (exact) mass is 416 g/mol. The number of benzene rings is 2. The van der Waals surface area contributed by atoms with Crippen LogP contribution in [0.5, 0.6) is 0 Å². The summed E-state index contributed by atoms with van der Waals surface area (Å²) in [6, 6.07) is 16.8. The first-order valence-corrected chi connectivity index (χ1v) is 10.6. The van der Waals surface area contributed by atoms with Crippen molar-refractivity contribution in [2.75, 3.05) is 30.4 Å². The van der Waals surface area contributed by atoms with Crippen LogP contribution in [0.25, 0.3) is 0 Å². The first kappa shape index (κ1) is 20.9. The number of hydrogen-bond donors (Lipinski definition) is 3. The standard InChI is InChI=1S/C25H28N4O2/c1-17-5-7-19(8-6-17)29(2)20-9-10-21-18(14-20)4-3-12-27-24(21)16-28-23-15-26-13-11-22(23)25(30)31/h5-11,13-15,24,27-28H,3-4,12,16H2,1-2H3,(H,30,31). The van der Waals surface area contributed by atoms with Gasteiger partial charge in [0.05, 0.1) is 17.4 Å². The van der Waals surface area contributed by atoms with Crippen molar-refractivity contribution in [3.63, 3.8) is 0 Å². The molecule has 2 heterocycles. The second-order valence-corrected chi connectivity index (χ2v) is 8.00. The van der Waals surface area contributed by atoms with Crippen LogP contribution in [-0.2, 0) is 6.42 Å². The summed E-state index contributed by atoms with van der Waals surface area (Å²) in [4.78, 5) is 17.8. The van der Waals surface area contributed by atoms with Gasteiger partial charge < -0.3 is 20.6 Å². The molecule has 160 valence electrons. The number of rotatable bonds is 6. The molecule has 1 aliphatic heterocycles. The van der Waals surface area contributed by atoms with Gasteiger partial charge in [0.1, 0.15) is 0 Å². The van der Waals surface area contributed by atoms with E-state index in [1.165, 1.54) is 29.0 Å². The highest BCUT2D eigenvalue weighted by molar-refractivity contribution is 5.93. The Kier molecular flexibility index (Phi) is 6.18. The highest BCUT2D eigenvalue weighted by Gasteiger charge is 2.20. The molecule has 4 rings (SSSR count). The molecule has 3 N–H and O–H groups in total. The first-order chi connectivity index (χ1) is 15.0. The summed E-state index contributed by atoms with van der Waals surface area (Å²) in [6.45, 7) is 3.60. The molecule has 6 nitrogen and oxygen atoms in total. The summed E-state index contributed by atoms with van der Waals surface area (Å²) in [5, 5.41) is 16.3. The van der Waals surface area contributed by atoms with Gasteiger partial charge in [-0.2, -0.15) is 0 Å². The van der Waals surface area contributed by atoms with Crippen molar-refractivity contribution in [3.8, 4) is 0 Å². The van der Waals surface area contributed by atoms with E-state index < -0.39 is 5.97 Å². The first-order valence-electron chi connectivity index (χ1n) is 10.6. The third kappa shape index (κ3) is 4.70. The van der Waals surface area contributed by atoms with Gasteiger partial charge in [-0.3, -0.25) is 4.98 Å². The number of fused-ring (bicyclic) bond motifs is 1. The molecule has 0 saturated carbocycles. The Balaban J connectivity index is 1.55. The van der Waals surface area contributed by atoms with Crippen LogP contribution in [0.3, 0.4) is 0 Å². The van der Waals surface area contributed by atoms with E-state index in [0.29, 0.717) is 12.2 Å². The fraction of sp³-hybridized carbons (Fsp3) is 0.280. The Morgan fingerprint density at radius 2 is 1.97 bits per heavy atom. The van der Waals surface area contributed by atoms with Gasteiger partial charge in [-0.25, -0.2) is 4.79 Å². The van der Waals surface area contributed by atoms with Crippen molar-refractivity contribution < 1.29 is 9.90 Å². The molecule has 1 aromatic heterocycles. The Hall–Kier alpha value is -3.38. The maximum Gasteiger partial charge on any atom is 0.337 e. The molecule has 0 amide bonds. The highest BCUT2D eigenvalue weighted by atomic mass is 16.4. The molecular weight excluding hydrogens is 388 g/mol. The topological polar surface area (TPSA) is 77.5 Å². The number of anilines is 3. The van der Waals surface area contributed by atoms with Crippen LogP contribution in [0.2, 0.25) is 0 Å². The van der Waals surface area contributed by atoms with Gasteiger partial charge in [0, 0.05) is 37.2 Å². The SMILES string of the molecule is Cc1ccc(N(C)c2ccc3c(c2)CCCNC3CNc2cnccc2C(=O)O)cc1. The van der Waals surface area contributed by atoms with Crippen LogP contribution >= 0.6 is 0 Å². The van der Waals surface area contributed by atoms with Crippen LogP contribution in [-0.4, -0.2) is 36.2 Å². The predicted octanol–water partition coefficient (Wildman–Crippen LogP) is 4.55. The van der Waals surface area contributed by atoms with E-state index in [-0.39, 0.29) is 11.6 Å². The third-order valence-corrected chi connectivity index (χ3v) is 5.87. The zero-order valence-corrected chi connectivity index (χ0v) is 17.9. The summed E-state index contributed by atoms with van der Waals surface area (Å²) in [6.07, 6.45) is 5.15. The van der Waals surface area contributed by atoms with Crippen LogP contribution in [0, 0.1) is 6.92 Å². The summed E-state index contributed by atoms with van der Waals surface area (Å²) in [7, 11) is 2.09. The molecule has 0 aliphatic carbocycles. The van der Waals surface area contributed by atoms with Crippen molar-refractivity contribution in [2.45, 2.75) is 25.8 Å². The molecule has 0 radical (unpaired) electrons. The lowest BCUT2D eigenvalue weighted by Gasteiger charge is -2.24. The zero-order chi connectivity index (χ0) is 21.8. The molecule has 0 saturated heterocycles. The van der Waals surface area contributed by atoms with Gasteiger partial charge in [-0.1, -0.05) is 23.8 Å². The number of carboxylic acids is 1. The van der Waals surface area contributed by atoms with Crippen LogP contribution in [0.4, 0.5) is 17.1 Å². The fourth-order valence-electron chi connectivity index (χ4n) is 4.06. The molecular formula is C25H28N4O2. The molecule has 0 spiro atoms. The minimum Gasteiger partial charge on any atom is -0.478 e. The number of nitrogens with zero attached hydrogens (tertiary/aromatic N) is 2. The van der Waals surface area contributed by atoms with Crippen molar-refractivity contribution in [2.24, 2.45) is 0 Å². The lowest BCUT2D eigenvalue weighted by molar-refractivity contribution is 0.0697. The molecule has 1 aliphatic rings. The maximum absolute atomic E-state index is 11.5. The molecule has 1 unspecified atom stereocenters. The zero-order valence-electron chi connectivity index (χ0n) is 17.9. The number of aromatic nitrogens is 1. The largest absolute Gasteiger partial charge is 0.478 e. The van der Waals surface area contributed by atoms with Gasteiger partial charge in [-0.15, -0.1) is 0 Å². The minimum atomic E-state index is -0.956. The van der Waals surface area contributed by atoms with E-state index in [1.807, 2.05) is 0 Å². The summed E-state index contributed by atoms with van der Waals surface area (Å²) in [5.74, 6) is -0.956. The van der Waals surface area contributed by atoms with Crippen LogP contribution in [0.1, 0.15) is 39.5 Å². The second kappa shape index (κ2) is 9.18. The van der Waals surface area contributed by atoms with E-state index in [0.717, 1.165) is 30.8 Å². The highest BCUT2D eigenvalue weighted by Crippen LogP contribution is 2.30. The molecule has 3 aromatic rings. The molecule has 2 aromatic carbocycles. The van der Waals surface area contributed by atoms with Crippen molar-refractivity contribution in [1.29, 1.82) is 0 Å². The third-order valence-electron chi connectivity index (χ3n) is 5.87. The quantitative estimate of drug-likeness (QED) is 0.547. The average molecular weight is 417 g/mol. The van der Waals surface area contributed by atoms with E-state index in [9.17, 15) is 9.90 Å². The lowest BCUT2D eigenvalue weighted by Crippen LogP contribution is -2.28. The Labute approximate surface area is 182 Å². The van der Waals surface area contributed by atoms with Crippen molar-refractivity contribution in [1.82, 2.24) is 10.3 Å². The average Bonchev–Trinajstić information content (AvgIpc) is 2.99. The Morgan fingerprint density at radius 1 is 1.19 bits per heavy atom. The van der Waals surface area contributed by atoms with Crippen LogP contribution in [0.15, 0.2) is 60.9 Å². The maximum atomic E-state index is 11.5. The van der Waals surface area contributed by atoms with Crippen LogP contribution < -0.4 is 15.5 Å². The minimum absolute atomic E-state index is 0.0954. The number of carbonyl (C=O) groups is 1. The Bertz CT molecular complexity index is 1070. The van der Waals surface area contributed by atoms with Gasteiger partial charge in [-0.05, 0) is 67.8 Å². The lowest BCUT2D eigenvalue weighted by atomic mass is 9.97. The molecule has 0 fully saturated rings. The van der Waals surface area contributed by atoms with Gasteiger partial charge in [0.2, 0.25) is 0 Å². The second-order valence-electron chi connectivity index (χ2n) is 8.00. The fourth-order valence-corrected chi connectivity index (χ4v) is 4.06. The summed E-state index contributed by atoms with van der Waals surface area (Å²) in [5.41, 5.74) is 6.94. The number of pyridine rings is 1. The molecule has 1 atom stereocenters. The van der Waals surface area contributed by atoms with Crippen molar-refractivity contribution in [3.05, 3.63) is 83.2 Å². The number of nitrogens with one attached hydrogen (secondary N) is 2. The number of carboxylic acid groups (broad SMARTS) is 1.